The van der Waals surface area contributed by atoms with Gasteiger partial charge in [0.25, 0.3) is 0 Å². The Bertz CT molecular complexity index is 313. The third-order valence-corrected chi connectivity index (χ3v) is 2.91. The molecule has 1 rings (SSSR count). The largest absolute Gasteiger partial charge is 0.312 e. The Hall–Kier alpha value is -0.980. The summed E-state index contributed by atoms with van der Waals surface area (Å²) in [6.45, 7) is 0. The molecule has 0 fully saturated rings. The Labute approximate surface area is 89.3 Å². The summed E-state index contributed by atoms with van der Waals surface area (Å²) in [5, 5.41) is 11.8. The summed E-state index contributed by atoms with van der Waals surface area (Å²) in [4.78, 5) is 1.25. The Balaban J connectivity index is 2.79. The highest BCUT2D eigenvalue weighted by Crippen LogP contribution is 2.20. The van der Waals surface area contributed by atoms with Crippen LogP contribution < -0.4 is 5.32 Å². The number of rotatable bonds is 4. The molecule has 0 radical (unpaired) electrons. The lowest BCUT2D eigenvalue weighted by Crippen LogP contribution is -2.15. The molecule has 0 spiro atoms. The number of benzene rings is 1. The molecule has 0 aliphatic carbocycles. The van der Waals surface area contributed by atoms with Crippen molar-refractivity contribution in [1.82, 2.24) is 5.32 Å². The zero-order valence-electron chi connectivity index (χ0n) is 8.45. The van der Waals surface area contributed by atoms with E-state index in [1.807, 2.05) is 7.05 Å². The van der Waals surface area contributed by atoms with Crippen molar-refractivity contribution in [3.63, 3.8) is 0 Å². The maximum atomic E-state index is 8.64. The molecule has 1 atom stereocenters. The van der Waals surface area contributed by atoms with E-state index in [0.717, 1.165) is 0 Å². The average molecular weight is 206 g/mol. The molecule has 0 bridgehead atoms. The number of nitrogens with one attached hydrogen (secondary N) is 1. The van der Waals surface area contributed by atoms with Crippen molar-refractivity contribution in [2.24, 2.45) is 0 Å². The van der Waals surface area contributed by atoms with Crippen molar-refractivity contribution < 1.29 is 0 Å². The van der Waals surface area contributed by atoms with Crippen LogP contribution in [-0.2, 0) is 0 Å². The zero-order valence-corrected chi connectivity index (χ0v) is 9.27. The molecule has 0 saturated heterocycles. The van der Waals surface area contributed by atoms with Gasteiger partial charge in [-0.3, -0.25) is 0 Å². The minimum Gasteiger partial charge on any atom is -0.312 e. The lowest BCUT2D eigenvalue weighted by molar-refractivity contribution is 0.608. The Morgan fingerprint density at radius 2 is 2.07 bits per heavy atom. The SMILES string of the molecule is CNC(CC#N)c1ccc(SC)cc1. The van der Waals surface area contributed by atoms with E-state index in [1.54, 1.807) is 11.8 Å². The highest BCUT2D eigenvalue weighted by molar-refractivity contribution is 7.98. The van der Waals surface area contributed by atoms with Gasteiger partial charge < -0.3 is 5.32 Å². The second kappa shape index (κ2) is 5.69. The molecule has 0 aliphatic heterocycles. The quantitative estimate of drug-likeness (QED) is 0.769. The van der Waals surface area contributed by atoms with Crippen LogP contribution in [0.15, 0.2) is 29.2 Å². The fourth-order valence-corrected chi connectivity index (χ4v) is 1.72. The van der Waals surface area contributed by atoms with Gasteiger partial charge in [-0.15, -0.1) is 11.8 Å². The third-order valence-electron chi connectivity index (χ3n) is 2.16. The van der Waals surface area contributed by atoms with E-state index in [1.165, 1.54) is 10.5 Å². The number of nitrogens with zero attached hydrogens (tertiary/aromatic N) is 1. The van der Waals surface area contributed by atoms with Crippen molar-refractivity contribution >= 4 is 11.8 Å². The fraction of sp³-hybridized carbons (Fsp3) is 0.364. The minimum atomic E-state index is 0.149. The molecule has 2 nitrogen and oxygen atoms in total. The molecule has 0 amide bonds. The molecule has 14 heavy (non-hydrogen) atoms. The maximum absolute atomic E-state index is 8.64. The second-order valence-electron chi connectivity index (χ2n) is 2.98. The molecule has 1 aromatic rings. The summed E-state index contributed by atoms with van der Waals surface area (Å²) in [6, 6.07) is 10.6. The van der Waals surface area contributed by atoms with E-state index < -0.39 is 0 Å². The predicted molar refractivity (Wildman–Crippen MR) is 60.3 cm³/mol. The molecular weight excluding hydrogens is 192 g/mol. The molecular formula is C11H14N2S. The van der Waals surface area contributed by atoms with Crippen molar-refractivity contribution in [3.8, 4) is 6.07 Å². The van der Waals surface area contributed by atoms with Gasteiger partial charge in [-0.25, -0.2) is 0 Å². The van der Waals surface area contributed by atoms with Crippen LogP contribution in [0.5, 0.6) is 0 Å². The van der Waals surface area contributed by atoms with Crippen LogP contribution in [0.3, 0.4) is 0 Å². The number of hydrogen-bond acceptors (Lipinski definition) is 3. The summed E-state index contributed by atoms with van der Waals surface area (Å²) in [7, 11) is 1.88. The van der Waals surface area contributed by atoms with Gasteiger partial charge in [0.05, 0.1) is 12.5 Å². The van der Waals surface area contributed by atoms with Crippen LogP contribution in [-0.4, -0.2) is 13.3 Å². The summed E-state index contributed by atoms with van der Waals surface area (Å²) in [5.41, 5.74) is 1.17. The van der Waals surface area contributed by atoms with Crippen LogP contribution in [0.2, 0.25) is 0 Å². The highest BCUT2D eigenvalue weighted by atomic mass is 32.2. The van der Waals surface area contributed by atoms with Gasteiger partial charge in [-0.2, -0.15) is 5.26 Å². The first-order chi connectivity index (χ1) is 6.81. The van der Waals surface area contributed by atoms with Crippen LogP contribution in [0.4, 0.5) is 0 Å². The zero-order chi connectivity index (χ0) is 10.4. The molecule has 1 unspecified atom stereocenters. The Kier molecular flexibility index (Phi) is 4.51. The van der Waals surface area contributed by atoms with Gasteiger partial charge in [0.2, 0.25) is 0 Å². The number of nitriles is 1. The summed E-state index contributed by atoms with van der Waals surface area (Å²) in [6.07, 6.45) is 2.56. The predicted octanol–water partition coefficient (Wildman–Crippen LogP) is 2.58. The first-order valence-corrected chi connectivity index (χ1v) is 5.72. The standard InChI is InChI=1S/C11H14N2S/c1-13-11(7-8-12)9-3-5-10(14-2)6-4-9/h3-6,11,13H,7H2,1-2H3. The van der Waals surface area contributed by atoms with Crippen LogP contribution >= 0.6 is 11.8 Å². The summed E-state index contributed by atoms with van der Waals surface area (Å²) >= 11 is 1.72. The van der Waals surface area contributed by atoms with Crippen LogP contribution in [0, 0.1) is 11.3 Å². The highest BCUT2D eigenvalue weighted by Gasteiger charge is 2.07. The van der Waals surface area contributed by atoms with E-state index in [4.69, 9.17) is 5.26 Å². The molecule has 1 aromatic carbocycles. The molecule has 1 N–H and O–H groups in total. The van der Waals surface area contributed by atoms with Gasteiger partial charge in [0, 0.05) is 10.9 Å². The second-order valence-corrected chi connectivity index (χ2v) is 3.86. The lowest BCUT2D eigenvalue weighted by atomic mass is 10.1. The third kappa shape index (κ3) is 2.76. The van der Waals surface area contributed by atoms with Crippen LogP contribution in [0.1, 0.15) is 18.0 Å². The summed E-state index contributed by atoms with van der Waals surface area (Å²) in [5.74, 6) is 0. The number of hydrogen-bond donors (Lipinski definition) is 1. The normalized spacial score (nSPS) is 12.1. The van der Waals surface area contributed by atoms with E-state index in [9.17, 15) is 0 Å². The van der Waals surface area contributed by atoms with Gasteiger partial charge in [0.15, 0.2) is 0 Å². The summed E-state index contributed by atoms with van der Waals surface area (Å²) < 4.78 is 0. The van der Waals surface area contributed by atoms with Crippen molar-refractivity contribution in [1.29, 1.82) is 5.26 Å². The van der Waals surface area contributed by atoms with E-state index in [2.05, 4.69) is 41.9 Å². The first kappa shape index (κ1) is 11.1. The number of thioether (sulfide) groups is 1. The topological polar surface area (TPSA) is 35.8 Å². The molecule has 0 aliphatic rings. The van der Waals surface area contributed by atoms with Crippen molar-refractivity contribution in [2.45, 2.75) is 17.4 Å². The first-order valence-electron chi connectivity index (χ1n) is 4.50. The molecule has 0 heterocycles. The fourth-order valence-electron chi connectivity index (χ4n) is 1.31. The van der Waals surface area contributed by atoms with Crippen molar-refractivity contribution in [3.05, 3.63) is 29.8 Å². The Morgan fingerprint density at radius 3 is 2.50 bits per heavy atom. The Morgan fingerprint density at radius 1 is 1.43 bits per heavy atom. The van der Waals surface area contributed by atoms with E-state index in [-0.39, 0.29) is 6.04 Å². The van der Waals surface area contributed by atoms with Gasteiger partial charge >= 0.3 is 0 Å². The molecule has 3 heteroatoms. The minimum absolute atomic E-state index is 0.149. The molecule has 0 aromatic heterocycles. The van der Waals surface area contributed by atoms with Gasteiger partial charge in [-0.05, 0) is 31.0 Å². The van der Waals surface area contributed by atoms with Gasteiger partial charge in [-0.1, -0.05) is 12.1 Å². The average Bonchev–Trinajstić information content (AvgIpc) is 2.26. The van der Waals surface area contributed by atoms with Gasteiger partial charge in [0.1, 0.15) is 0 Å². The van der Waals surface area contributed by atoms with E-state index >= 15 is 0 Å². The maximum Gasteiger partial charge on any atom is 0.0641 e. The molecule has 74 valence electrons. The van der Waals surface area contributed by atoms with E-state index in [0.29, 0.717) is 6.42 Å². The van der Waals surface area contributed by atoms with Crippen LogP contribution in [0.25, 0.3) is 0 Å². The lowest BCUT2D eigenvalue weighted by Gasteiger charge is -2.12. The van der Waals surface area contributed by atoms with Crippen molar-refractivity contribution in [2.75, 3.05) is 13.3 Å². The molecule has 0 saturated carbocycles. The smallest absolute Gasteiger partial charge is 0.0641 e. The monoisotopic (exact) mass is 206 g/mol.